The molecule has 0 spiro atoms. The van der Waals surface area contributed by atoms with E-state index in [0.29, 0.717) is 12.2 Å². The van der Waals surface area contributed by atoms with Crippen molar-refractivity contribution in [3.8, 4) is 0 Å². The molecular weight excluding hydrogens is 254 g/mol. The first kappa shape index (κ1) is 14.9. The number of hydrogen-bond acceptors (Lipinski definition) is 5. The summed E-state index contributed by atoms with van der Waals surface area (Å²) in [5.74, 6) is 0. The van der Waals surface area contributed by atoms with Crippen molar-refractivity contribution in [2.45, 2.75) is 18.2 Å². The number of nitrogens with zero attached hydrogens (tertiary/aromatic N) is 2. The van der Waals surface area contributed by atoms with Crippen LogP contribution >= 0.6 is 0 Å². The van der Waals surface area contributed by atoms with E-state index in [1.807, 2.05) is 6.92 Å². The zero-order chi connectivity index (χ0) is 13.6. The van der Waals surface area contributed by atoms with Gasteiger partial charge in [-0.05, 0) is 12.5 Å². The SMILES string of the molecule is CCCNc1ccncc1S(=O)(=O)N(C)CCO. The van der Waals surface area contributed by atoms with Crippen LogP contribution in [0.25, 0.3) is 0 Å². The molecule has 0 saturated heterocycles. The number of aliphatic hydroxyl groups excluding tert-OH is 1. The summed E-state index contributed by atoms with van der Waals surface area (Å²) in [4.78, 5) is 3.99. The second-order valence-electron chi connectivity index (χ2n) is 3.85. The van der Waals surface area contributed by atoms with Gasteiger partial charge in [-0.2, -0.15) is 4.31 Å². The molecule has 0 radical (unpaired) electrons. The van der Waals surface area contributed by atoms with Crippen molar-refractivity contribution >= 4 is 15.7 Å². The summed E-state index contributed by atoms with van der Waals surface area (Å²) >= 11 is 0. The Kier molecular flexibility index (Phi) is 5.52. The summed E-state index contributed by atoms with van der Waals surface area (Å²) < 4.78 is 25.6. The van der Waals surface area contributed by atoms with Crippen LogP contribution in [0.5, 0.6) is 0 Å². The van der Waals surface area contributed by atoms with Crippen molar-refractivity contribution in [3.05, 3.63) is 18.5 Å². The lowest BCUT2D eigenvalue weighted by molar-refractivity contribution is 0.266. The van der Waals surface area contributed by atoms with Gasteiger partial charge in [-0.15, -0.1) is 0 Å². The molecule has 0 aliphatic carbocycles. The third-order valence-electron chi connectivity index (χ3n) is 2.45. The number of anilines is 1. The lowest BCUT2D eigenvalue weighted by atomic mass is 10.4. The van der Waals surface area contributed by atoms with Gasteiger partial charge in [0, 0.05) is 32.5 Å². The predicted octanol–water partition coefficient (Wildman–Crippen LogP) is 0.516. The molecule has 0 aliphatic rings. The van der Waals surface area contributed by atoms with Crippen LogP contribution in [0.15, 0.2) is 23.4 Å². The normalized spacial score (nSPS) is 11.8. The number of aromatic nitrogens is 1. The summed E-state index contributed by atoms with van der Waals surface area (Å²) in [6.07, 6.45) is 3.76. The average molecular weight is 273 g/mol. The largest absolute Gasteiger partial charge is 0.395 e. The van der Waals surface area contributed by atoms with Gasteiger partial charge in [-0.1, -0.05) is 6.92 Å². The topological polar surface area (TPSA) is 82.5 Å². The van der Waals surface area contributed by atoms with Crippen LogP contribution in [0.4, 0.5) is 5.69 Å². The van der Waals surface area contributed by atoms with E-state index < -0.39 is 10.0 Å². The maximum atomic E-state index is 12.2. The molecule has 6 nitrogen and oxygen atoms in total. The van der Waals surface area contributed by atoms with Gasteiger partial charge < -0.3 is 10.4 Å². The Bertz CT molecular complexity index is 476. The van der Waals surface area contributed by atoms with Crippen molar-refractivity contribution in [2.75, 3.05) is 32.1 Å². The fourth-order valence-electron chi connectivity index (χ4n) is 1.42. The molecular formula is C11H19N3O3S. The molecule has 0 unspecified atom stereocenters. The van der Waals surface area contributed by atoms with Crippen LogP contribution in [-0.4, -0.2) is 49.6 Å². The van der Waals surface area contributed by atoms with E-state index in [2.05, 4.69) is 10.3 Å². The first-order valence-electron chi connectivity index (χ1n) is 5.79. The standard InChI is InChI=1S/C11H19N3O3S/c1-3-5-13-10-4-6-12-9-11(10)18(16,17)14(2)7-8-15/h4,6,9,15H,3,5,7-8H2,1-2H3,(H,12,13). The van der Waals surface area contributed by atoms with Crippen LogP contribution in [-0.2, 0) is 10.0 Å². The van der Waals surface area contributed by atoms with Crippen LogP contribution in [0.3, 0.4) is 0 Å². The summed E-state index contributed by atoms with van der Waals surface area (Å²) in [6, 6.07) is 1.63. The molecule has 0 fully saturated rings. The second-order valence-corrected chi connectivity index (χ2v) is 5.86. The summed E-state index contributed by atoms with van der Waals surface area (Å²) in [6.45, 7) is 2.54. The fraction of sp³-hybridized carbons (Fsp3) is 0.545. The highest BCUT2D eigenvalue weighted by molar-refractivity contribution is 7.89. The highest BCUT2D eigenvalue weighted by Gasteiger charge is 2.23. The smallest absolute Gasteiger partial charge is 0.246 e. The van der Waals surface area contributed by atoms with E-state index >= 15 is 0 Å². The van der Waals surface area contributed by atoms with Crippen LogP contribution in [0, 0.1) is 0 Å². The molecule has 7 heteroatoms. The minimum absolute atomic E-state index is 0.0600. The molecule has 0 aliphatic heterocycles. The van der Waals surface area contributed by atoms with Crippen LogP contribution in [0.1, 0.15) is 13.3 Å². The Balaban J connectivity index is 3.07. The van der Waals surface area contributed by atoms with E-state index in [-0.39, 0.29) is 18.0 Å². The molecule has 0 saturated carbocycles. The summed E-state index contributed by atoms with van der Waals surface area (Å²) in [5, 5.41) is 11.9. The van der Waals surface area contributed by atoms with E-state index in [0.717, 1.165) is 10.7 Å². The zero-order valence-corrected chi connectivity index (χ0v) is 11.4. The highest BCUT2D eigenvalue weighted by Crippen LogP contribution is 2.22. The van der Waals surface area contributed by atoms with Crippen molar-refractivity contribution in [1.29, 1.82) is 0 Å². The fourth-order valence-corrected chi connectivity index (χ4v) is 2.69. The minimum atomic E-state index is -3.61. The third kappa shape index (κ3) is 3.41. The van der Waals surface area contributed by atoms with Crippen molar-refractivity contribution in [3.63, 3.8) is 0 Å². The number of hydrogen-bond donors (Lipinski definition) is 2. The minimum Gasteiger partial charge on any atom is -0.395 e. The molecule has 0 bridgehead atoms. The lowest BCUT2D eigenvalue weighted by Gasteiger charge is -2.18. The highest BCUT2D eigenvalue weighted by atomic mass is 32.2. The van der Waals surface area contributed by atoms with E-state index in [4.69, 9.17) is 5.11 Å². The van der Waals surface area contributed by atoms with E-state index in [1.165, 1.54) is 13.2 Å². The number of aliphatic hydroxyl groups is 1. The number of rotatable bonds is 7. The Morgan fingerprint density at radius 1 is 1.50 bits per heavy atom. The van der Waals surface area contributed by atoms with Crippen molar-refractivity contribution in [1.82, 2.24) is 9.29 Å². The maximum absolute atomic E-state index is 12.2. The third-order valence-corrected chi connectivity index (χ3v) is 4.34. The predicted molar refractivity (Wildman–Crippen MR) is 69.9 cm³/mol. The molecule has 1 aromatic rings. The van der Waals surface area contributed by atoms with Gasteiger partial charge in [0.15, 0.2) is 0 Å². The van der Waals surface area contributed by atoms with Crippen LogP contribution < -0.4 is 5.32 Å². The Morgan fingerprint density at radius 3 is 2.83 bits per heavy atom. The molecule has 1 rings (SSSR count). The maximum Gasteiger partial charge on any atom is 0.246 e. The molecule has 18 heavy (non-hydrogen) atoms. The average Bonchev–Trinajstić information content (AvgIpc) is 2.37. The molecule has 0 atom stereocenters. The van der Waals surface area contributed by atoms with Gasteiger partial charge in [0.25, 0.3) is 0 Å². The van der Waals surface area contributed by atoms with Gasteiger partial charge in [-0.25, -0.2) is 8.42 Å². The zero-order valence-electron chi connectivity index (χ0n) is 10.6. The first-order chi connectivity index (χ1) is 8.54. The number of nitrogens with one attached hydrogen (secondary N) is 1. The van der Waals surface area contributed by atoms with Crippen molar-refractivity contribution < 1.29 is 13.5 Å². The van der Waals surface area contributed by atoms with Gasteiger partial charge in [0.05, 0.1) is 12.3 Å². The molecule has 2 N–H and O–H groups in total. The van der Waals surface area contributed by atoms with Crippen LogP contribution in [0.2, 0.25) is 0 Å². The summed E-state index contributed by atoms with van der Waals surface area (Å²) in [7, 11) is -2.18. The monoisotopic (exact) mass is 273 g/mol. The second kappa shape index (κ2) is 6.67. The molecule has 1 aromatic heterocycles. The molecule has 0 amide bonds. The van der Waals surface area contributed by atoms with Gasteiger partial charge in [0.2, 0.25) is 10.0 Å². The Morgan fingerprint density at radius 2 is 2.22 bits per heavy atom. The van der Waals surface area contributed by atoms with Crippen molar-refractivity contribution in [2.24, 2.45) is 0 Å². The lowest BCUT2D eigenvalue weighted by Crippen LogP contribution is -2.30. The number of pyridine rings is 1. The quantitative estimate of drug-likeness (QED) is 0.756. The number of likely N-dealkylation sites (N-methyl/N-ethyl adjacent to an activating group) is 1. The van der Waals surface area contributed by atoms with E-state index in [9.17, 15) is 8.42 Å². The molecule has 102 valence electrons. The van der Waals surface area contributed by atoms with Gasteiger partial charge >= 0.3 is 0 Å². The van der Waals surface area contributed by atoms with Gasteiger partial charge in [0.1, 0.15) is 4.90 Å². The first-order valence-corrected chi connectivity index (χ1v) is 7.23. The van der Waals surface area contributed by atoms with Gasteiger partial charge in [-0.3, -0.25) is 4.98 Å². The van der Waals surface area contributed by atoms with E-state index in [1.54, 1.807) is 12.3 Å². The number of sulfonamides is 1. The summed E-state index contributed by atoms with van der Waals surface area (Å²) in [5.41, 5.74) is 0.539. The molecule has 0 aromatic carbocycles. The molecule has 1 heterocycles. The Labute approximate surface area is 108 Å². The Hall–Kier alpha value is -1.18.